The van der Waals surface area contributed by atoms with Crippen LogP contribution in [-0.2, 0) is 9.84 Å². The van der Waals surface area contributed by atoms with Crippen LogP contribution < -0.4 is 0 Å². The largest absolute Gasteiger partial charge is 0.391 e. The molecule has 1 aliphatic rings. The molecular weight excluding hydrogens is 207 g/mol. The Hall–Kier alpha value is -1.20. The third kappa shape index (κ3) is 1.09. The third-order valence-corrected chi connectivity index (χ3v) is 3.98. The highest BCUT2D eigenvalue weighted by Crippen LogP contribution is 2.33. The zero-order chi connectivity index (χ0) is 10.3. The van der Waals surface area contributed by atoms with Gasteiger partial charge in [-0.2, -0.15) is 0 Å². The summed E-state index contributed by atoms with van der Waals surface area (Å²) in [5, 5.41) is 8.79. The van der Waals surface area contributed by atoms with Crippen molar-refractivity contribution in [1.29, 1.82) is 0 Å². The molecule has 0 aliphatic carbocycles. The fraction of sp³-hybridized carbons (Fsp3) is 0.111. The highest BCUT2D eigenvalue weighted by molar-refractivity contribution is 7.95. The van der Waals surface area contributed by atoms with Crippen LogP contribution in [0.3, 0.4) is 0 Å². The predicted molar refractivity (Wildman–Crippen MR) is 48.6 cm³/mol. The van der Waals surface area contributed by atoms with Gasteiger partial charge < -0.3 is 5.11 Å². The van der Waals surface area contributed by atoms with Crippen molar-refractivity contribution < 1.29 is 17.9 Å². The van der Waals surface area contributed by atoms with Gasteiger partial charge in [-0.05, 0) is 18.2 Å². The first kappa shape index (κ1) is 9.36. The molecule has 0 amide bonds. The summed E-state index contributed by atoms with van der Waals surface area (Å²) < 4.78 is 36.3. The number of hydrogen-bond donors (Lipinski definition) is 1. The molecule has 0 spiro atoms. The minimum atomic E-state index is -3.65. The molecular formula is C9H7FO3S. The lowest BCUT2D eigenvalue weighted by Crippen LogP contribution is -2.03. The second-order valence-electron chi connectivity index (χ2n) is 2.92. The van der Waals surface area contributed by atoms with Crippen molar-refractivity contribution in [3.8, 4) is 0 Å². The maximum atomic E-state index is 13.2. The van der Waals surface area contributed by atoms with Gasteiger partial charge in [0.15, 0.2) is 0 Å². The molecule has 74 valence electrons. The van der Waals surface area contributed by atoms with Crippen LogP contribution in [0.1, 0.15) is 5.56 Å². The first-order chi connectivity index (χ1) is 6.57. The maximum absolute atomic E-state index is 13.2. The maximum Gasteiger partial charge on any atom is 0.205 e. The highest BCUT2D eigenvalue weighted by atomic mass is 32.2. The Kier molecular flexibility index (Phi) is 1.94. The van der Waals surface area contributed by atoms with Gasteiger partial charge in [-0.15, -0.1) is 0 Å². The average Bonchev–Trinajstić information content (AvgIpc) is 2.40. The molecule has 0 aromatic heterocycles. The lowest BCUT2D eigenvalue weighted by molar-refractivity contribution is 0.339. The summed E-state index contributed by atoms with van der Waals surface area (Å²) in [5.74, 6) is -0.588. The van der Waals surface area contributed by atoms with Crippen LogP contribution >= 0.6 is 0 Å². The van der Waals surface area contributed by atoms with Crippen LogP contribution in [0.2, 0.25) is 0 Å². The number of aliphatic hydroxyl groups is 1. The van der Waals surface area contributed by atoms with Crippen molar-refractivity contribution in [3.63, 3.8) is 0 Å². The number of aliphatic hydroxyl groups excluding tert-OH is 1. The summed E-state index contributed by atoms with van der Waals surface area (Å²) in [4.78, 5) is -0.223. The zero-order valence-corrected chi connectivity index (χ0v) is 7.88. The van der Waals surface area contributed by atoms with Gasteiger partial charge in [0, 0.05) is 5.56 Å². The molecule has 0 bridgehead atoms. The predicted octanol–water partition coefficient (Wildman–Crippen LogP) is 0.946. The fourth-order valence-electron chi connectivity index (χ4n) is 1.40. The van der Waals surface area contributed by atoms with Gasteiger partial charge >= 0.3 is 0 Å². The van der Waals surface area contributed by atoms with E-state index in [0.29, 0.717) is 0 Å². The van der Waals surface area contributed by atoms with E-state index in [0.717, 1.165) is 0 Å². The van der Waals surface area contributed by atoms with E-state index in [4.69, 9.17) is 5.11 Å². The normalized spacial score (nSPS) is 17.7. The second kappa shape index (κ2) is 2.90. The van der Waals surface area contributed by atoms with E-state index in [1.807, 2.05) is 0 Å². The Labute approximate surface area is 80.4 Å². The smallest absolute Gasteiger partial charge is 0.205 e. The lowest BCUT2D eigenvalue weighted by Gasteiger charge is -1.99. The lowest BCUT2D eigenvalue weighted by atomic mass is 10.2. The van der Waals surface area contributed by atoms with Gasteiger partial charge in [-0.1, -0.05) is 6.07 Å². The first-order valence-electron chi connectivity index (χ1n) is 3.92. The van der Waals surface area contributed by atoms with Crippen LogP contribution in [0.4, 0.5) is 4.39 Å². The van der Waals surface area contributed by atoms with Crippen LogP contribution in [0.15, 0.2) is 28.0 Å². The molecule has 0 atom stereocenters. The van der Waals surface area contributed by atoms with Crippen molar-refractivity contribution in [2.24, 2.45) is 0 Å². The number of rotatable bonds is 1. The van der Waals surface area contributed by atoms with Crippen molar-refractivity contribution in [2.45, 2.75) is 4.90 Å². The standard InChI is InChI=1S/C9H7FO3S/c10-8-2-1-3-9-7(8)4-6(5-11)14(9,12)13/h1-4,11H,5H2. The van der Waals surface area contributed by atoms with Crippen molar-refractivity contribution in [3.05, 3.63) is 34.5 Å². The first-order valence-corrected chi connectivity index (χ1v) is 5.40. The van der Waals surface area contributed by atoms with E-state index >= 15 is 0 Å². The Balaban J connectivity index is 2.78. The minimum Gasteiger partial charge on any atom is -0.391 e. The number of halogens is 1. The van der Waals surface area contributed by atoms with E-state index < -0.39 is 22.3 Å². The molecule has 1 N–H and O–H groups in total. The summed E-state index contributed by atoms with van der Waals surface area (Å²) in [6, 6.07) is 3.85. The second-order valence-corrected chi connectivity index (χ2v) is 4.89. The topological polar surface area (TPSA) is 54.4 Å². The average molecular weight is 214 g/mol. The van der Waals surface area contributed by atoms with Gasteiger partial charge in [-0.25, -0.2) is 12.8 Å². The van der Waals surface area contributed by atoms with E-state index in [-0.39, 0.29) is 15.4 Å². The molecule has 1 aliphatic heterocycles. The van der Waals surface area contributed by atoms with Crippen molar-refractivity contribution >= 4 is 15.9 Å². The minimum absolute atomic E-state index is 0.0385. The molecule has 14 heavy (non-hydrogen) atoms. The fourth-order valence-corrected chi connectivity index (χ4v) is 2.83. The van der Waals surface area contributed by atoms with Gasteiger partial charge in [0.2, 0.25) is 9.84 Å². The third-order valence-electron chi connectivity index (χ3n) is 2.11. The number of hydrogen-bond acceptors (Lipinski definition) is 3. The summed E-state index contributed by atoms with van der Waals surface area (Å²) in [6.07, 6.45) is 1.17. The summed E-state index contributed by atoms with van der Waals surface area (Å²) in [7, 11) is -3.65. The van der Waals surface area contributed by atoms with Gasteiger partial charge in [-0.3, -0.25) is 0 Å². The van der Waals surface area contributed by atoms with Crippen LogP contribution in [0, 0.1) is 5.82 Å². The summed E-state index contributed by atoms with van der Waals surface area (Å²) in [5.41, 5.74) is 0.0385. The van der Waals surface area contributed by atoms with Crippen LogP contribution in [0.5, 0.6) is 0 Å². The molecule has 0 fully saturated rings. The number of sulfone groups is 1. The van der Waals surface area contributed by atoms with Gasteiger partial charge in [0.1, 0.15) is 5.82 Å². The highest BCUT2D eigenvalue weighted by Gasteiger charge is 2.30. The van der Waals surface area contributed by atoms with Crippen LogP contribution in [-0.4, -0.2) is 20.1 Å². The summed E-state index contributed by atoms with van der Waals surface area (Å²) in [6.45, 7) is -0.601. The molecule has 1 heterocycles. The Morgan fingerprint density at radius 1 is 1.36 bits per heavy atom. The molecule has 2 rings (SSSR count). The molecule has 3 nitrogen and oxygen atoms in total. The number of benzene rings is 1. The number of fused-ring (bicyclic) bond motifs is 1. The molecule has 0 saturated heterocycles. The molecule has 0 radical (unpaired) electrons. The van der Waals surface area contributed by atoms with E-state index in [9.17, 15) is 12.8 Å². The van der Waals surface area contributed by atoms with E-state index in [1.165, 1.54) is 24.3 Å². The van der Waals surface area contributed by atoms with Crippen LogP contribution in [0.25, 0.3) is 6.08 Å². The van der Waals surface area contributed by atoms with Gasteiger partial charge in [0.25, 0.3) is 0 Å². The monoisotopic (exact) mass is 214 g/mol. The van der Waals surface area contributed by atoms with Gasteiger partial charge in [0.05, 0.1) is 16.4 Å². The van der Waals surface area contributed by atoms with E-state index in [1.54, 1.807) is 0 Å². The quantitative estimate of drug-likeness (QED) is 0.757. The molecule has 1 aromatic rings. The Morgan fingerprint density at radius 3 is 2.64 bits per heavy atom. The SMILES string of the molecule is O=S1(=O)C(CO)=Cc2c(F)cccc21. The zero-order valence-electron chi connectivity index (χ0n) is 7.07. The molecule has 1 aromatic carbocycles. The molecule has 5 heteroatoms. The van der Waals surface area contributed by atoms with Crippen molar-refractivity contribution in [2.75, 3.05) is 6.61 Å². The molecule has 0 saturated carbocycles. The Bertz CT molecular complexity index is 517. The molecule has 0 unspecified atom stereocenters. The van der Waals surface area contributed by atoms with E-state index in [2.05, 4.69) is 0 Å². The Morgan fingerprint density at radius 2 is 2.07 bits per heavy atom. The summed E-state index contributed by atoms with van der Waals surface area (Å²) >= 11 is 0. The van der Waals surface area contributed by atoms with Crippen molar-refractivity contribution in [1.82, 2.24) is 0 Å².